The molecule has 0 spiro atoms. The molecule has 0 fully saturated rings. The summed E-state index contributed by atoms with van der Waals surface area (Å²) >= 11 is 2.83. The molecule has 0 atom stereocenters. The van der Waals surface area contributed by atoms with E-state index in [2.05, 4.69) is 40.3 Å². The first-order valence-electron chi connectivity index (χ1n) is 5.12. The molecule has 0 radical (unpaired) electrons. The second kappa shape index (κ2) is 5.89. The van der Waals surface area contributed by atoms with Gasteiger partial charge in [0, 0.05) is 22.5 Å². The summed E-state index contributed by atoms with van der Waals surface area (Å²) in [6, 6.07) is 4.18. The van der Waals surface area contributed by atoms with Crippen LogP contribution < -0.4 is 10.1 Å². The number of methoxy groups -OCH3 is 1. The van der Waals surface area contributed by atoms with Gasteiger partial charge >= 0.3 is 0 Å². The van der Waals surface area contributed by atoms with Crippen LogP contribution in [0.2, 0.25) is 0 Å². The summed E-state index contributed by atoms with van der Waals surface area (Å²) in [5, 5.41) is 2.71. The number of carbonyl (C=O) groups excluding carboxylic acids is 1. The van der Waals surface area contributed by atoms with Crippen LogP contribution in [0.15, 0.2) is 12.1 Å². The van der Waals surface area contributed by atoms with E-state index in [0.29, 0.717) is 6.54 Å². The Morgan fingerprint density at radius 2 is 2.12 bits per heavy atom. The van der Waals surface area contributed by atoms with Gasteiger partial charge in [0.2, 0.25) is 0 Å². The fourth-order valence-corrected chi connectivity index (χ4v) is 2.01. The third kappa shape index (κ3) is 3.52. The summed E-state index contributed by atoms with van der Waals surface area (Å²) in [6.07, 6.45) is 0.767. The van der Waals surface area contributed by atoms with Crippen molar-refractivity contribution >= 4 is 20.7 Å². The van der Waals surface area contributed by atoms with Crippen LogP contribution in [0.5, 0.6) is 5.75 Å². The summed E-state index contributed by atoms with van der Waals surface area (Å²) in [5.41, 5.74) is 3.46. The first-order chi connectivity index (χ1) is 7.54. The lowest BCUT2D eigenvalue weighted by Gasteiger charge is -2.12. The maximum absolute atomic E-state index is 10.7. The molecule has 4 heteroatoms. The van der Waals surface area contributed by atoms with Crippen molar-refractivity contribution in [3.05, 3.63) is 28.8 Å². The predicted molar refractivity (Wildman–Crippen MR) is 68.5 cm³/mol. The largest absolute Gasteiger partial charge is 0.496 e. The normalized spacial score (nSPS) is 10.0. The number of nitrogens with one attached hydrogen (secondary N) is 1. The van der Waals surface area contributed by atoms with E-state index < -0.39 is 0 Å². The van der Waals surface area contributed by atoms with E-state index in [-0.39, 0.29) is 4.82 Å². The monoisotopic (exact) mass is 285 g/mol. The molecule has 16 heavy (non-hydrogen) atoms. The minimum atomic E-state index is -0.184. The van der Waals surface area contributed by atoms with Gasteiger partial charge in [0.15, 0.2) is 0 Å². The van der Waals surface area contributed by atoms with Gasteiger partial charge in [0.25, 0.3) is 4.82 Å². The number of benzene rings is 1. The Balaban J connectivity index is 2.81. The highest BCUT2D eigenvalue weighted by Crippen LogP contribution is 2.25. The van der Waals surface area contributed by atoms with E-state index in [1.54, 1.807) is 7.11 Å². The maximum Gasteiger partial charge on any atom is 0.287 e. The van der Waals surface area contributed by atoms with Crippen molar-refractivity contribution in [3.63, 3.8) is 0 Å². The van der Waals surface area contributed by atoms with Crippen LogP contribution in [0.4, 0.5) is 4.79 Å². The molecule has 0 heterocycles. The van der Waals surface area contributed by atoms with Gasteiger partial charge in [-0.05, 0) is 31.4 Å². The average molecular weight is 286 g/mol. The number of hydrogen-bond donors (Lipinski definition) is 1. The highest BCUT2D eigenvalue weighted by Gasteiger charge is 2.07. The Bertz CT molecular complexity index is 391. The zero-order valence-electron chi connectivity index (χ0n) is 9.76. The molecule has 3 nitrogen and oxygen atoms in total. The molecular weight excluding hydrogens is 270 g/mol. The lowest BCUT2D eigenvalue weighted by atomic mass is 10.0. The summed E-state index contributed by atoms with van der Waals surface area (Å²) in [7, 11) is 1.67. The number of aryl methyl sites for hydroxylation is 2. The van der Waals surface area contributed by atoms with E-state index in [0.717, 1.165) is 23.3 Å². The summed E-state index contributed by atoms with van der Waals surface area (Å²) < 4.78 is 5.36. The van der Waals surface area contributed by atoms with Crippen molar-refractivity contribution in [2.75, 3.05) is 13.7 Å². The van der Waals surface area contributed by atoms with Crippen LogP contribution in [-0.4, -0.2) is 18.5 Å². The van der Waals surface area contributed by atoms with Gasteiger partial charge in [-0.2, -0.15) is 0 Å². The standard InChI is InChI=1S/C12H16BrNO2/c1-8-6-9(2)11(16-3)10(7-8)4-5-14-12(13)15/h6-7H,4-5H2,1-3H3,(H,14,15). The van der Waals surface area contributed by atoms with Crippen molar-refractivity contribution in [3.8, 4) is 5.75 Å². The Labute approximate surface area is 104 Å². The van der Waals surface area contributed by atoms with Crippen LogP contribution >= 0.6 is 15.9 Å². The SMILES string of the molecule is COc1c(C)cc(C)cc1CCNC(=O)Br. The third-order valence-corrected chi connectivity index (χ3v) is 2.64. The Morgan fingerprint density at radius 3 is 2.69 bits per heavy atom. The van der Waals surface area contributed by atoms with Crippen molar-refractivity contribution in [2.24, 2.45) is 0 Å². The van der Waals surface area contributed by atoms with Crippen LogP contribution in [0.25, 0.3) is 0 Å². The van der Waals surface area contributed by atoms with Crippen LogP contribution in [0, 0.1) is 13.8 Å². The van der Waals surface area contributed by atoms with E-state index in [1.807, 2.05) is 6.92 Å². The fraction of sp³-hybridized carbons (Fsp3) is 0.417. The topological polar surface area (TPSA) is 38.3 Å². The van der Waals surface area contributed by atoms with Gasteiger partial charge in [0.1, 0.15) is 5.75 Å². The van der Waals surface area contributed by atoms with Gasteiger partial charge in [-0.15, -0.1) is 0 Å². The maximum atomic E-state index is 10.7. The van der Waals surface area contributed by atoms with E-state index in [1.165, 1.54) is 5.56 Å². The second-order valence-corrected chi connectivity index (χ2v) is 4.44. The van der Waals surface area contributed by atoms with E-state index >= 15 is 0 Å². The number of halogens is 1. The fourth-order valence-electron chi connectivity index (χ4n) is 1.82. The van der Waals surface area contributed by atoms with Crippen molar-refractivity contribution in [1.29, 1.82) is 0 Å². The molecular formula is C12H16BrNO2. The van der Waals surface area contributed by atoms with Crippen molar-refractivity contribution in [2.45, 2.75) is 20.3 Å². The number of hydrogen-bond acceptors (Lipinski definition) is 2. The van der Waals surface area contributed by atoms with Gasteiger partial charge in [-0.25, -0.2) is 0 Å². The minimum absolute atomic E-state index is 0.184. The molecule has 1 aromatic rings. The van der Waals surface area contributed by atoms with Crippen LogP contribution in [-0.2, 0) is 6.42 Å². The lowest BCUT2D eigenvalue weighted by Crippen LogP contribution is -2.19. The number of amides is 1. The number of carbonyl (C=O) groups is 1. The molecule has 0 aliphatic rings. The molecule has 1 N–H and O–H groups in total. The van der Waals surface area contributed by atoms with Crippen molar-refractivity contribution in [1.82, 2.24) is 5.32 Å². The van der Waals surface area contributed by atoms with Crippen LogP contribution in [0.3, 0.4) is 0 Å². The summed E-state index contributed by atoms with van der Waals surface area (Å²) in [4.78, 5) is 10.5. The Morgan fingerprint density at radius 1 is 1.44 bits per heavy atom. The molecule has 0 saturated heterocycles. The molecule has 0 bridgehead atoms. The molecule has 0 saturated carbocycles. The van der Waals surface area contributed by atoms with Crippen molar-refractivity contribution < 1.29 is 9.53 Å². The summed E-state index contributed by atoms with van der Waals surface area (Å²) in [6.45, 7) is 4.68. The van der Waals surface area contributed by atoms with E-state index in [9.17, 15) is 4.79 Å². The Hall–Kier alpha value is -1.03. The molecule has 0 aliphatic heterocycles. The van der Waals surface area contributed by atoms with Gasteiger partial charge < -0.3 is 10.1 Å². The zero-order chi connectivity index (χ0) is 12.1. The zero-order valence-corrected chi connectivity index (χ0v) is 11.3. The molecule has 1 rings (SSSR count). The quantitative estimate of drug-likeness (QED) is 0.682. The number of rotatable bonds is 4. The van der Waals surface area contributed by atoms with Gasteiger partial charge in [-0.1, -0.05) is 17.7 Å². The lowest BCUT2D eigenvalue weighted by molar-refractivity contribution is 0.262. The Kier molecular flexibility index (Phi) is 4.80. The molecule has 0 aliphatic carbocycles. The third-order valence-electron chi connectivity index (χ3n) is 2.36. The second-order valence-electron chi connectivity index (χ2n) is 3.72. The minimum Gasteiger partial charge on any atom is -0.496 e. The summed E-state index contributed by atoms with van der Waals surface area (Å²) in [5.74, 6) is 0.912. The number of ether oxygens (including phenoxy) is 1. The van der Waals surface area contributed by atoms with Crippen LogP contribution in [0.1, 0.15) is 16.7 Å². The molecule has 88 valence electrons. The van der Waals surface area contributed by atoms with Gasteiger partial charge in [-0.3, -0.25) is 4.79 Å². The highest BCUT2D eigenvalue weighted by atomic mass is 79.9. The first-order valence-corrected chi connectivity index (χ1v) is 5.91. The van der Waals surface area contributed by atoms with Gasteiger partial charge in [0.05, 0.1) is 7.11 Å². The molecule has 1 aromatic carbocycles. The predicted octanol–water partition coefficient (Wildman–Crippen LogP) is 2.96. The average Bonchev–Trinajstić information content (AvgIpc) is 2.16. The molecule has 0 aromatic heterocycles. The highest BCUT2D eigenvalue weighted by molar-refractivity contribution is 9.18. The first kappa shape index (κ1) is 13.0. The van der Waals surface area contributed by atoms with E-state index in [4.69, 9.17) is 4.74 Å². The molecule has 0 unspecified atom stereocenters. The molecule has 1 amide bonds. The smallest absolute Gasteiger partial charge is 0.287 e.